The number of thioether (sulfide) groups is 1. The van der Waals surface area contributed by atoms with E-state index in [1.807, 2.05) is 57.2 Å². The maximum absolute atomic E-state index is 12.8. The summed E-state index contributed by atoms with van der Waals surface area (Å²) >= 11 is 1.46. The Balaban J connectivity index is 1.78. The van der Waals surface area contributed by atoms with E-state index in [2.05, 4.69) is 33.8 Å². The van der Waals surface area contributed by atoms with Gasteiger partial charge in [0.05, 0.1) is 11.8 Å². The zero-order valence-electron chi connectivity index (χ0n) is 15.6. The van der Waals surface area contributed by atoms with Gasteiger partial charge in [0.1, 0.15) is 5.82 Å². The van der Waals surface area contributed by atoms with Crippen molar-refractivity contribution >= 4 is 17.5 Å². The minimum atomic E-state index is -0.227. The second-order valence-corrected chi connectivity index (χ2v) is 7.83. The Bertz CT molecular complexity index is 918. The number of benzene rings is 2. The van der Waals surface area contributed by atoms with Crippen molar-refractivity contribution in [3.63, 3.8) is 0 Å². The normalized spacial score (nSPS) is 12.2. The molecule has 1 unspecified atom stereocenters. The summed E-state index contributed by atoms with van der Waals surface area (Å²) < 4.78 is 2.06. The van der Waals surface area contributed by atoms with E-state index in [0.717, 1.165) is 22.1 Å². The molecule has 5 heteroatoms. The Morgan fingerprint density at radius 1 is 1.04 bits per heavy atom. The SMILES string of the molecule is Cc1ccc(C(=O)C(C)Sc2nnc(C)n2Cc2ccccc2)cc1C. The zero-order valence-corrected chi connectivity index (χ0v) is 16.4. The fourth-order valence-electron chi connectivity index (χ4n) is 2.74. The number of hydrogen-bond donors (Lipinski definition) is 0. The maximum Gasteiger partial charge on any atom is 0.192 e. The highest BCUT2D eigenvalue weighted by Crippen LogP contribution is 2.26. The van der Waals surface area contributed by atoms with Crippen LogP contribution in [0.1, 0.15) is 39.8 Å². The fraction of sp³-hybridized carbons (Fsp3) is 0.286. The summed E-state index contributed by atoms with van der Waals surface area (Å²) in [4.78, 5) is 12.8. The van der Waals surface area contributed by atoms with Gasteiger partial charge in [0.2, 0.25) is 0 Å². The summed E-state index contributed by atoms with van der Waals surface area (Å²) in [5.74, 6) is 0.965. The van der Waals surface area contributed by atoms with Crippen LogP contribution in [0.15, 0.2) is 53.7 Å². The number of hydrogen-bond acceptors (Lipinski definition) is 4. The lowest BCUT2D eigenvalue weighted by atomic mass is 10.0. The van der Waals surface area contributed by atoms with Crippen molar-refractivity contribution in [1.29, 1.82) is 0 Å². The molecule has 0 aliphatic carbocycles. The quantitative estimate of drug-likeness (QED) is 0.472. The average molecular weight is 366 g/mol. The predicted octanol–water partition coefficient (Wildman–Crippen LogP) is 4.62. The maximum atomic E-state index is 12.8. The highest BCUT2D eigenvalue weighted by Gasteiger charge is 2.21. The highest BCUT2D eigenvalue weighted by molar-refractivity contribution is 8.00. The lowest BCUT2D eigenvalue weighted by Crippen LogP contribution is -2.15. The van der Waals surface area contributed by atoms with Gasteiger partial charge in [-0.2, -0.15) is 0 Å². The number of aryl methyl sites for hydroxylation is 3. The molecule has 3 aromatic rings. The van der Waals surface area contributed by atoms with Gasteiger partial charge in [0.15, 0.2) is 10.9 Å². The number of nitrogens with zero attached hydrogens (tertiary/aromatic N) is 3. The van der Waals surface area contributed by atoms with Crippen molar-refractivity contribution in [2.45, 2.75) is 44.6 Å². The van der Waals surface area contributed by atoms with Crippen LogP contribution in [0.3, 0.4) is 0 Å². The summed E-state index contributed by atoms with van der Waals surface area (Å²) in [5.41, 5.74) is 4.26. The van der Waals surface area contributed by atoms with E-state index in [1.54, 1.807) is 0 Å². The van der Waals surface area contributed by atoms with E-state index in [9.17, 15) is 4.79 Å². The van der Waals surface area contributed by atoms with Crippen LogP contribution in [0, 0.1) is 20.8 Å². The van der Waals surface area contributed by atoms with Gasteiger partial charge in [-0.3, -0.25) is 4.79 Å². The summed E-state index contributed by atoms with van der Waals surface area (Å²) in [5, 5.41) is 9.04. The predicted molar refractivity (Wildman–Crippen MR) is 106 cm³/mol. The smallest absolute Gasteiger partial charge is 0.192 e. The molecule has 2 aromatic carbocycles. The molecule has 134 valence electrons. The molecule has 0 aliphatic heterocycles. The van der Waals surface area contributed by atoms with Crippen LogP contribution in [-0.2, 0) is 6.54 Å². The molecule has 0 aliphatic rings. The number of carbonyl (C=O) groups is 1. The third-order valence-electron chi connectivity index (χ3n) is 4.53. The molecule has 0 amide bonds. The Hall–Kier alpha value is -2.40. The molecular formula is C21H23N3OS. The topological polar surface area (TPSA) is 47.8 Å². The van der Waals surface area contributed by atoms with E-state index in [0.29, 0.717) is 6.54 Å². The molecule has 1 aromatic heterocycles. The lowest BCUT2D eigenvalue weighted by Gasteiger charge is -2.13. The van der Waals surface area contributed by atoms with Gasteiger partial charge in [-0.05, 0) is 50.5 Å². The third kappa shape index (κ3) is 4.05. The number of carbonyl (C=O) groups excluding carboxylic acids is 1. The molecule has 0 bridgehead atoms. The van der Waals surface area contributed by atoms with Crippen molar-refractivity contribution < 1.29 is 4.79 Å². The summed E-state index contributed by atoms with van der Waals surface area (Å²) in [7, 11) is 0. The van der Waals surface area contributed by atoms with Crippen molar-refractivity contribution in [2.75, 3.05) is 0 Å². The second-order valence-electron chi connectivity index (χ2n) is 6.52. The van der Waals surface area contributed by atoms with Gasteiger partial charge in [0.25, 0.3) is 0 Å². The average Bonchev–Trinajstić information content (AvgIpc) is 2.97. The van der Waals surface area contributed by atoms with Crippen molar-refractivity contribution in [2.24, 2.45) is 0 Å². The van der Waals surface area contributed by atoms with Gasteiger partial charge < -0.3 is 4.57 Å². The molecule has 0 fully saturated rings. The number of aromatic nitrogens is 3. The van der Waals surface area contributed by atoms with E-state index >= 15 is 0 Å². The largest absolute Gasteiger partial charge is 0.302 e. The summed E-state index contributed by atoms with van der Waals surface area (Å²) in [6.45, 7) is 8.65. The van der Waals surface area contributed by atoms with Crippen molar-refractivity contribution in [3.05, 3.63) is 76.6 Å². The van der Waals surface area contributed by atoms with E-state index in [4.69, 9.17) is 0 Å². The Kier molecular flexibility index (Phi) is 5.57. The first-order valence-corrected chi connectivity index (χ1v) is 9.55. The number of rotatable bonds is 6. The van der Waals surface area contributed by atoms with Crippen LogP contribution in [0.4, 0.5) is 0 Å². The summed E-state index contributed by atoms with van der Waals surface area (Å²) in [6, 6.07) is 16.1. The van der Waals surface area contributed by atoms with Crippen LogP contribution in [0.5, 0.6) is 0 Å². The molecule has 1 heterocycles. The van der Waals surface area contributed by atoms with Crippen LogP contribution in [-0.4, -0.2) is 25.8 Å². The summed E-state index contributed by atoms with van der Waals surface area (Å²) in [6.07, 6.45) is 0. The molecular weight excluding hydrogens is 342 g/mol. The monoisotopic (exact) mass is 365 g/mol. The first-order valence-electron chi connectivity index (χ1n) is 8.67. The van der Waals surface area contributed by atoms with Gasteiger partial charge in [-0.15, -0.1) is 10.2 Å². The standard InChI is InChI=1S/C21H23N3OS/c1-14-10-11-19(12-15(14)2)20(25)16(3)26-21-23-22-17(4)24(21)13-18-8-6-5-7-9-18/h5-12,16H,13H2,1-4H3. The van der Waals surface area contributed by atoms with Crippen molar-refractivity contribution in [3.8, 4) is 0 Å². The van der Waals surface area contributed by atoms with E-state index in [1.165, 1.54) is 22.9 Å². The third-order valence-corrected chi connectivity index (χ3v) is 5.61. The molecule has 0 saturated carbocycles. The minimum absolute atomic E-state index is 0.116. The van der Waals surface area contributed by atoms with Crippen LogP contribution < -0.4 is 0 Å². The van der Waals surface area contributed by atoms with Gasteiger partial charge in [-0.25, -0.2) is 0 Å². The van der Waals surface area contributed by atoms with Crippen LogP contribution in [0.25, 0.3) is 0 Å². The second kappa shape index (κ2) is 7.87. The highest BCUT2D eigenvalue weighted by atomic mass is 32.2. The molecule has 0 radical (unpaired) electrons. The molecule has 0 saturated heterocycles. The fourth-order valence-corrected chi connectivity index (χ4v) is 3.71. The van der Waals surface area contributed by atoms with Gasteiger partial charge in [0, 0.05) is 5.56 Å². The van der Waals surface area contributed by atoms with Crippen LogP contribution >= 0.6 is 11.8 Å². The zero-order chi connectivity index (χ0) is 18.7. The number of ketones is 1. The van der Waals surface area contributed by atoms with Gasteiger partial charge in [-0.1, -0.05) is 54.2 Å². The first-order chi connectivity index (χ1) is 12.5. The number of Topliss-reactive ketones (excluding diaryl/α,β-unsaturated/α-hetero) is 1. The molecule has 26 heavy (non-hydrogen) atoms. The van der Waals surface area contributed by atoms with E-state index in [-0.39, 0.29) is 11.0 Å². The molecule has 0 spiro atoms. The molecule has 3 rings (SSSR count). The Labute approximate surface area is 158 Å². The van der Waals surface area contributed by atoms with Crippen LogP contribution in [0.2, 0.25) is 0 Å². The first kappa shape index (κ1) is 18.4. The Morgan fingerprint density at radius 2 is 1.77 bits per heavy atom. The lowest BCUT2D eigenvalue weighted by molar-refractivity contribution is 0.0993. The minimum Gasteiger partial charge on any atom is -0.302 e. The van der Waals surface area contributed by atoms with E-state index < -0.39 is 0 Å². The Morgan fingerprint density at radius 3 is 2.46 bits per heavy atom. The molecule has 0 N–H and O–H groups in total. The van der Waals surface area contributed by atoms with Gasteiger partial charge >= 0.3 is 0 Å². The molecule has 1 atom stereocenters. The van der Waals surface area contributed by atoms with Crippen molar-refractivity contribution in [1.82, 2.24) is 14.8 Å². The molecule has 4 nitrogen and oxygen atoms in total.